The van der Waals surface area contributed by atoms with Gasteiger partial charge in [0.2, 0.25) is 5.95 Å². The molecule has 10 heteroatoms. The molecule has 0 unspecified atom stereocenters. The predicted octanol–water partition coefficient (Wildman–Crippen LogP) is 3.09. The molecule has 0 bridgehead atoms. The highest BCUT2D eigenvalue weighted by atomic mass is 35.5. The van der Waals surface area contributed by atoms with Crippen molar-refractivity contribution in [3.8, 4) is 0 Å². The predicted molar refractivity (Wildman–Crippen MR) is 110 cm³/mol. The topological polar surface area (TPSA) is 88.1 Å². The van der Waals surface area contributed by atoms with Crippen molar-refractivity contribution >= 4 is 40.1 Å². The zero-order valence-corrected chi connectivity index (χ0v) is 16.5. The minimum atomic E-state index is -0.476. The lowest BCUT2D eigenvalue weighted by Gasteiger charge is -2.26. The highest BCUT2D eigenvalue weighted by Gasteiger charge is 2.11. The number of nitrogens with one attached hydrogen (secondary N) is 2. The smallest absolute Gasteiger partial charge is 0.223 e. The van der Waals surface area contributed by atoms with E-state index >= 15 is 0 Å². The largest absolute Gasteiger partial charge is 0.379 e. The van der Waals surface area contributed by atoms with Crippen LogP contribution in [0.2, 0.25) is 5.02 Å². The molecular formula is C19H21ClFN7O. The van der Waals surface area contributed by atoms with Crippen LogP contribution in [-0.2, 0) is 4.74 Å². The molecule has 0 atom stereocenters. The van der Waals surface area contributed by atoms with Crippen molar-refractivity contribution < 1.29 is 9.13 Å². The molecule has 8 nitrogen and oxygen atoms in total. The molecule has 0 amide bonds. The van der Waals surface area contributed by atoms with Gasteiger partial charge in [0.05, 0.1) is 24.4 Å². The second-order valence-electron chi connectivity index (χ2n) is 6.64. The minimum Gasteiger partial charge on any atom is -0.379 e. The quantitative estimate of drug-likeness (QED) is 0.567. The molecular weight excluding hydrogens is 397 g/mol. The molecule has 0 radical (unpaired) electrons. The van der Waals surface area contributed by atoms with Crippen LogP contribution >= 0.6 is 11.6 Å². The number of hydrogen-bond donors (Lipinski definition) is 2. The molecule has 1 aliphatic rings. The van der Waals surface area contributed by atoms with Crippen molar-refractivity contribution in [2.45, 2.75) is 6.42 Å². The fourth-order valence-corrected chi connectivity index (χ4v) is 3.25. The summed E-state index contributed by atoms with van der Waals surface area (Å²) in [6.45, 7) is 5.32. The first kappa shape index (κ1) is 19.7. The number of halogens is 2. The van der Waals surface area contributed by atoms with E-state index in [0.717, 1.165) is 45.8 Å². The molecule has 152 valence electrons. The zero-order chi connectivity index (χ0) is 20.1. The number of ether oxygens (including phenoxy) is 1. The second-order valence-corrected chi connectivity index (χ2v) is 7.05. The van der Waals surface area contributed by atoms with E-state index < -0.39 is 5.82 Å². The van der Waals surface area contributed by atoms with E-state index in [2.05, 4.69) is 35.5 Å². The fraction of sp³-hybridized carbons (Fsp3) is 0.368. The van der Waals surface area contributed by atoms with Gasteiger partial charge in [0.15, 0.2) is 5.82 Å². The molecule has 2 N–H and O–H groups in total. The number of aromatic nitrogens is 4. The van der Waals surface area contributed by atoms with Gasteiger partial charge in [0, 0.05) is 25.3 Å². The molecule has 1 fully saturated rings. The number of fused-ring (bicyclic) bond motifs is 1. The molecule has 0 saturated carbocycles. The SMILES string of the molecule is Fc1ccc(Nc2ncnc3cnc(NCCCN4CCOCC4)nc23)cc1Cl. The zero-order valence-electron chi connectivity index (χ0n) is 15.7. The van der Waals surface area contributed by atoms with Crippen LogP contribution in [0.1, 0.15) is 6.42 Å². The number of anilines is 3. The number of benzene rings is 1. The Balaban J connectivity index is 1.43. The van der Waals surface area contributed by atoms with Crippen molar-refractivity contribution in [3.05, 3.63) is 41.6 Å². The van der Waals surface area contributed by atoms with Crippen molar-refractivity contribution in [1.29, 1.82) is 0 Å². The number of nitrogens with zero attached hydrogens (tertiary/aromatic N) is 5. The Labute approximate surface area is 172 Å². The number of hydrogen-bond acceptors (Lipinski definition) is 8. The molecule has 3 aromatic rings. The third kappa shape index (κ3) is 5.06. The van der Waals surface area contributed by atoms with E-state index in [1.165, 1.54) is 18.5 Å². The third-order valence-electron chi connectivity index (χ3n) is 4.60. The maximum absolute atomic E-state index is 13.4. The van der Waals surface area contributed by atoms with Gasteiger partial charge in [0.1, 0.15) is 23.2 Å². The van der Waals surface area contributed by atoms with Gasteiger partial charge in [-0.25, -0.2) is 24.3 Å². The molecule has 4 rings (SSSR count). The average Bonchev–Trinajstić information content (AvgIpc) is 2.75. The highest BCUT2D eigenvalue weighted by molar-refractivity contribution is 6.31. The molecule has 3 heterocycles. The summed E-state index contributed by atoms with van der Waals surface area (Å²) in [6.07, 6.45) is 4.05. The summed E-state index contributed by atoms with van der Waals surface area (Å²) in [6, 6.07) is 4.38. The van der Waals surface area contributed by atoms with Gasteiger partial charge in [-0.3, -0.25) is 4.90 Å². The Morgan fingerprint density at radius 2 is 2.03 bits per heavy atom. The lowest BCUT2D eigenvalue weighted by Crippen LogP contribution is -2.37. The molecule has 0 spiro atoms. The highest BCUT2D eigenvalue weighted by Crippen LogP contribution is 2.25. The number of morpholine rings is 1. The summed E-state index contributed by atoms with van der Waals surface area (Å²) < 4.78 is 18.7. The van der Waals surface area contributed by atoms with Crippen molar-refractivity contribution in [3.63, 3.8) is 0 Å². The van der Waals surface area contributed by atoms with Crippen LogP contribution in [0.5, 0.6) is 0 Å². The van der Waals surface area contributed by atoms with Crippen LogP contribution in [-0.4, -0.2) is 64.2 Å². The van der Waals surface area contributed by atoms with E-state index in [1.807, 2.05) is 0 Å². The molecule has 1 aromatic carbocycles. The maximum atomic E-state index is 13.4. The van der Waals surface area contributed by atoms with Crippen LogP contribution in [0.15, 0.2) is 30.7 Å². The molecule has 2 aromatic heterocycles. The number of rotatable bonds is 7. The Hall–Kier alpha value is -2.62. The maximum Gasteiger partial charge on any atom is 0.223 e. The van der Waals surface area contributed by atoms with Gasteiger partial charge in [-0.15, -0.1) is 0 Å². The van der Waals surface area contributed by atoms with Crippen LogP contribution < -0.4 is 10.6 Å². The monoisotopic (exact) mass is 417 g/mol. The van der Waals surface area contributed by atoms with E-state index in [-0.39, 0.29) is 5.02 Å². The third-order valence-corrected chi connectivity index (χ3v) is 4.89. The van der Waals surface area contributed by atoms with E-state index in [1.54, 1.807) is 12.3 Å². The lowest BCUT2D eigenvalue weighted by molar-refractivity contribution is 0.0378. The van der Waals surface area contributed by atoms with Gasteiger partial charge in [-0.1, -0.05) is 11.6 Å². The summed E-state index contributed by atoms with van der Waals surface area (Å²) in [5.74, 6) is 0.529. The van der Waals surface area contributed by atoms with Crippen molar-refractivity contribution in [1.82, 2.24) is 24.8 Å². The Morgan fingerprint density at radius 1 is 1.17 bits per heavy atom. The molecule has 1 saturated heterocycles. The van der Waals surface area contributed by atoms with Crippen LogP contribution in [0.25, 0.3) is 11.0 Å². The molecule has 0 aliphatic carbocycles. The fourth-order valence-electron chi connectivity index (χ4n) is 3.07. The minimum absolute atomic E-state index is 0.0330. The van der Waals surface area contributed by atoms with Crippen molar-refractivity contribution in [2.75, 3.05) is 50.0 Å². The van der Waals surface area contributed by atoms with E-state index in [4.69, 9.17) is 16.3 Å². The van der Waals surface area contributed by atoms with Gasteiger partial charge in [0.25, 0.3) is 0 Å². The first-order chi connectivity index (χ1) is 14.2. The summed E-state index contributed by atoms with van der Waals surface area (Å²) in [7, 11) is 0. The van der Waals surface area contributed by atoms with E-state index in [0.29, 0.717) is 28.5 Å². The normalized spacial score (nSPS) is 14.8. The van der Waals surface area contributed by atoms with Gasteiger partial charge >= 0.3 is 0 Å². The Morgan fingerprint density at radius 3 is 2.86 bits per heavy atom. The lowest BCUT2D eigenvalue weighted by atomic mass is 10.3. The van der Waals surface area contributed by atoms with Crippen LogP contribution in [0.3, 0.4) is 0 Å². The van der Waals surface area contributed by atoms with Crippen LogP contribution in [0.4, 0.5) is 21.8 Å². The van der Waals surface area contributed by atoms with Crippen molar-refractivity contribution in [2.24, 2.45) is 0 Å². The second kappa shape index (κ2) is 9.25. The summed E-state index contributed by atoms with van der Waals surface area (Å²) >= 11 is 5.86. The molecule has 29 heavy (non-hydrogen) atoms. The summed E-state index contributed by atoms with van der Waals surface area (Å²) in [5.41, 5.74) is 1.78. The van der Waals surface area contributed by atoms with Crippen LogP contribution in [0, 0.1) is 5.82 Å². The molecule has 1 aliphatic heterocycles. The average molecular weight is 418 g/mol. The Kier molecular flexibility index (Phi) is 6.28. The van der Waals surface area contributed by atoms with E-state index in [9.17, 15) is 4.39 Å². The standard InChI is InChI=1S/C19H21ClFN7O/c20-14-10-13(2-3-15(14)21)26-18-17-16(24-12-25-18)11-23-19(27-17)22-4-1-5-28-6-8-29-9-7-28/h2-3,10-12H,1,4-9H2,(H,22,23,27)(H,24,25,26). The Bertz CT molecular complexity index is 984. The first-order valence-electron chi connectivity index (χ1n) is 9.43. The summed E-state index contributed by atoms with van der Waals surface area (Å²) in [5, 5.41) is 6.40. The first-order valence-corrected chi connectivity index (χ1v) is 9.80. The van der Waals surface area contributed by atoms with Gasteiger partial charge in [-0.05, 0) is 31.2 Å². The summed E-state index contributed by atoms with van der Waals surface area (Å²) in [4.78, 5) is 19.7. The van der Waals surface area contributed by atoms with Gasteiger partial charge < -0.3 is 15.4 Å². The van der Waals surface area contributed by atoms with Gasteiger partial charge in [-0.2, -0.15) is 0 Å².